The largest absolute Gasteiger partial charge is 0.400 e. The second-order valence-corrected chi connectivity index (χ2v) is 6.36. The van der Waals surface area contributed by atoms with Crippen molar-refractivity contribution in [3.05, 3.63) is 0 Å². The average Bonchev–Trinajstić information content (AvgIpc) is 1.99. The van der Waals surface area contributed by atoms with E-state index in [1.807, 2.05) is 0 Å². The van der Waals surface area contributed by atoms with Crippen LogP contribution in [0, 0.1) is 0 Å². The number of rotatable bonds is 1. The molecule has 3 N–H and O–H groups in total. The molecule has 1 aliphatic heterocycles. The van der Waals surface area contributed by atoms with E-state index in [2.05, 4.69) is 10.3 Å². The average molecular weight is 331 g/mol. The monoisotopic (exact) mass is 329 g/mol. The van der Waals surface area contributed by atoms with Crippen LogP contribution in [-0.2, 0) is 0 Å². The first-order chi connectivity index (χ1) is 6.73. The number of nitrogens with zero attached hydrogens (tertiary/aromatic N) is 1. The highest BCUT2D eigenvalue weighted by Crippen LogP contribution is 2.33. The van der Waals surface area contributed by atoms with E-state index in [4.69, 9.17) is 69.2 Å². The molecule has 4 nitrogen and oxygen atoms in total. The minimum absolute atomic E-state index is 0.631. The second-order valence-electron chi connectivity index (χ2n) is 2.73. The quantitative estimate of drug-likeness (QED) is 0.492. The molecule has 84 valence electrons. The Morgan fingerprint density at radius 3 is 1.80 bits per heavy atom. The van der Waals surface area contributed by atoms with Gasteiger partial charge >= 0.3 is 19.2 Å². The molecule has 0 aliphatic carbocycles. The van der Waals surface area contributed by atoms with Gasteiger partial charge in [-0.1, -0.05) is 34.8 Å². The zero-order chi connectivity index (χ0) is 11.8. The lowest BCUT2D eigenvalue weighted by molar-refractivity contribution is 0.107. The fraction of sp³-hybridized carbons (Fsp3) is 1.00. The van der Waals surface area contributed by atoms with E-state index in [0.717, 1.165) is 4.72 Å². The number of nitrogens with one attached hydrogen (secondary N) is 2. The third-order valence-corrected chi connectivity index (χ3v) is 3.21. The van der Waals surface area contributed by atoms with E-state index in [1.165, 1.54) is 0 Å². The molecule has 0 radical (unpaired) electrons. The summed E-state index contributed by atoms with van der Waals surface area (Å²) < 4.78 is -0.808. The predicted octanol–water partition coefficient (Wildman–Crippen LogP) is 0.841. The predicted molar refractivity (Wildman–Crippen MR) is 69.2 cm³/mol. The standard InChI is InChI=1S/C2H4B3Cl6N3O/c6-2(7,8)1(15)14-4(10)12-3(9)13-5(14)11/h1,12-13,15H. The molecule has 0 amide bonds. The maximum atomic E-state index is 9.68. The smallest absolute Gasteiger partial charge is 0.376 e. The van der Waals surface area contributed by atoms with Gasteiger partial charge in [0.2, 0.25) is 3.79 Å². The van der Waals surface area contributed by atoms with Crippen LogP contribution in [0.2, 0.25) is 0 Å². The molecular weight excluding hydrogens is 327 g/mol. The van der Waals surface area contributed by atoms with Gasteiger partial charge in [-0.05, 0) is 0 Å². The highest BCUT2D eigenvalue weighted by atomic mass is 35.6. The van der Waals surface area contributed by atoms with Gasteiger partial charge in [0, 0.05) is 0 Å². The third kappa shape index (κ3) is 3.88. The highest BCUT2D eigenvalue weighted by molar-refractivity contribution is 7.26. The minimum atomic E-state index is -1.93. The topological polar surface area (TPSA) is 47.5 Å². The third-order valence-electron chi connectivity index (χ3n) is 1.67. The Kier molecular flexibility index (Phi) is 5.55. The van der Waals surface area contributed by atoms with Crippen molar-refractivity contribution in [3.63, 3.8) is 0 Å². The number of hydrogen-bond donors (Lipinski definition) is 3. The van der Waals surface area contributed by atoms with Crippen molar-refractivity contribution >= 4 is 88.4 Å². The molecule has 0 aromatic heterocycles. The fourth-order valence-electron chi connectivity index (χ4n) is 0.994. The van der Waals surface area contributed by atoms with Crippen LogP contribution >= 0.6 is 69.2 Å². The Balaban J connectivity index is 2.75. The van der Waals surface area contributed by atoms with Crippen molar-refractivity contribution in [2.75, 3.05) is 0 Å². The summed E-state index contributed by atoms with van der Waals surface area (Å²) in [6, 6.07) is 0. The van der Waals surface area contributed by atoms with Gasteiger partial charge in [0.15, 0.2) is 0 Å². The van der Waals surface area contributed by atoms with Gasteiger partial charge in [-0.3, -0.25) is 0 Å². The highest BCUT2D eigenvalue weighted by Gasteiger charge is 2.49. The molecule has 15 heavy (non-hydrogen) atoms. The summed E-state index contributed by atoms with van der Waals surface area (Å²) in [5.74, 6) is 0. The molecule has 0 saturated carbocycles. The van der Waals surface area contributed by atoms with Crippen LogP contribution in [0.4, 0.5) is 0 Å². The van der Waals surface area contributed by atoms with Crippen molar-refractivity contribution in [2.45, 2.75) is 10.0 Å². The summed E-state index contributed by atoms with van der Waals surface area (Å²) in [6.45, 7) is 0. The summed E-state index contributed by atoms with van der Waals surface area (Å²) in [7, 11) is 0. The van der Waals surface area contributed by atoms with Gasteiger partial charge in [0.1, 0.15) is 6.23 Å². The van der Waals surface area contributed by atoms with Crippen LogP contribution < -0.4 is 10.3 Å². The number of aliphatic hydroxyl groups is 1. The Hall–Kier alpha value is 1.77. The summed E-state index contributed by atoms with van der Waals surface area (Å²) in [4.78, 5) is 0. The van der Waals surface area contributed by atoms with Gasteiger partial charge in [-0.15, -0.1) is 0 Å². The Morgan fingerprint density at radius 1 is 1.07 bits per heavy atom. The van der Waals surface area contributed by atoms with Crippen LogP contribution in [0.25, 0.3) is 0 Å². The molecule has 1 unspecified atom stereocenters. The van der Waals surface area contributed by atoms with Gasteiger partial charge in [0.25, 0.3) is 0 Å². The maximum Gasteiger partial charge on any atom is 0.400 e. The zero-order valence-electron chi connectivity index (χ0n) is 6.97. The van der Waals surface area contributed by atoms with E-state index >= 15 is 0 Å². The Bertz CT molecular complexity index is 218. The van der Waals surface area contributed by atoms with E-state index < -0.39 is 29.2 Å². The summed E-state index contributed by atoms with van der Waals surface area (Å²) in [5, 5.41) is 15.0. The number of alkyl halides is 3. The summed E-state index contributed by atoms with van der Waals surface area (Å²) >= 11 is 33.9. The SMILES string of the molecule is OC(N1B(Cl)NB(Cl)NB1Cl)C(Cl)(Cl)Cl. The van der Waals surface area contributed by atoms with Crippen LogP contribution in [0.15, 0.2) is 0 Å². The second kappa shape index (κ2) is 5.61. The number of halogens is 6. The first kappa shape index (κ1) is 14.8. The van der Waals surface area contributed by atoms with Crippen molar-refractivity contribution in [1.82, 2.24) is 15.0 Å². The molecule has 1 atom stereocenters. The van der Waals surface area contributed by atoms with Gasteiger partial charge in [0.05, 0.1) is 0 Å². The number of hydrogen-bond acceptors (Lipinski definition) is 4. The van der Waals surface area contributed by atoms with E-state index in [0.29, 0.717) is 0 Å². The Morgan fingerprint density at radius 2 is 1.47 bits per heavy atom. The molecule has 1 heterocycles. The van der Waals surface area contributed by atoms with E-state index in [1.54, 1.807) is 0 Å². The molecular formula is C2H4B3Cl6N3O. The maximum absolute atomic E-state index is 9.68. The molecule has 0 aromatic carbocycles. The lowest BCUT2D eigenvalue weighted by Gasteiger charge is -2.39. The summed E-state index contributed by atoms with van der Waals surface area (Å²) in [5.41, 5.74) is 0. The fourth-order valence-corrected chi connectivity index (χ4v) is 2.45. The molecule has 0 bridgehead atoms. The lowest BCUT2D eigenvalue weighted by atomic mass is 9.77. The van der Waals surface area contributed by atoms with Crippen LogP contribution in [-0.4, -0.2) is 39.0 Å². The molecule has 1 saturated heterocycles. The zero-order valence-corrected chi connectivity index (χ0v) is 11.5. The van der Waals surface area contributed by atoms with E-state index in [9.17, 15) is 5.11 Å². The van der Waals surface area contributed by atoms with Gasteiger partial charge in [-0.2, -0.15) is 34.4 Å². The Labute approximate surface area is 118 Å². The van der Waals surface area contributed by atoms with Crippen molar-refractivity contribution < 1.29 is 5.11 Å². The van der Waals surface area contributed by atoms with Crippen molar-refractivity contribution in [1.29, 1.82) is 0 Å². The normalized spacial score (nSPS) is 22.2. The molecule has 0 aromatic rings. The lowest BCUT2D eigenvalue weighted by Crippen LogP contribution is -2.74. The number of aliphatic hydroxyl groups excluding tert-OH is 1. The van der Waals surface area contributed by atoms with E-state index in [-0.39, 0.29) is 0 Å². The van der Waals surface area contributed by atoms with Crippen molar-refractivity contribution in [2.24, 2.45) is 0 Å². The first-order valence-electron chi connectivity index (χ1n) is 3.70. The van der Waals surface area contributed by atoms with Crippen molar-refractivity contribution in [3.8, 4) is 0 Å². The minimum Gasteiger partial charge on any atom is -0.376 e. The molecule has 1 aliphatic rings. The molecule has 1 fully saturated rings. The van der Waals surface area contributed by atoms with Crippen LogP contribution in [0.3, 0.4) is 0 Å². The van der Waals surface area contributed by atoms with Crippen LogP contribution in [0.1, 0.15) is 0 Å². The van der Waals surface area contributed by atoms with Gasteiger partial charge in [-0.25, -0.2) is 0 Å². The van der Waals surface area contributed by atoms with Crippen LogP contribution in [0.5, 0.6) is 0 Å². The summed E-state index contributed by atoms with van der Waals surface area (Å²) in [6.07, 6.45) is -3.82. The molecule has 13 heteroatoms. The van der Waals surface area contributed by atoms with Gasteiger partial charge < -0.3 is 20.1 Å². The molecule has 1 rings (SSSR count). The first-order valence-corrected chi connectivity index (χ1v) is 6.14. The molecule has 0 spiro atoms.